The predicted octanol–water partition coefficient (Wildman–Crippen LogP) is 0.890. The lowest BCUT2D eigenvalue weighted by molar-refractivity contribution is -0.0221. The van der Waals surface area contributed by atoms with E-state index in [9.17, 15) is 9.59 Å². The van der Waals surface area contributed by atoms with Crippen molar-refractivity contribution in [3.63, 3.8) is 0 Å². The molecule has 0 saturated carbocycles. The van der Waals surface area contributed by atoms with Gasteiger partial charge in [0.2, 0.25) is 0 Å². The minimum absolute atomic E-state index is 0.235. The number of carbonyl (C=O) groups is 2. The number of carboxylic acid groups (broad SMARTS) is 1. The van der Waals surface area contributed by atoms with Crippen LogP contribution in [0.1, 0.15) is 20.8 Å². The molecule has 0 aliphatic carbocycles. The highest BCUT2D eigenvalue weighted by Crippen LogP contribution is 2.07. The Bertz CT molecular complexity index is 313. The van der Waals surface area contributed by atoms with Gasteiger partial charge in [-0.15, -0.1) is 0 Å². The first-order valence-corrected chi connectivity index (χ1v) is 5.84. The summed E-state index contributed by atoms with van der Waals surface area (Å²) in [5, 5.41) is 11.4. The van der Waals surface area contributed by atoms with Crippen LogP contribution in [0.25, 0.3) is 0 Å². The number of nitrogens with one attached hydrogen (secondary N) is 1. The molecule has 0 spiro atoms. The maximum atomic E-state index is 11.4. The van der Waals surface area contributed by atoms with Gasteiger partial charge in [0, 0.05) is 13.1 Å². The molecule has 0 bridgehead atoms. The Balaban J connectivity index is 2.31. The Hall–Kier alpha value is -1.50. The first-order valence-electron chi connectivity index (χ1n) is 5.84. The Kier molecular flexibility index (Phi) is 4.77. The van der Waals surface area contributed by atoms with Crippen LogP contribution in [0.4, 0.5) is 9.59 Å². The van der Waals surface area contributed by atoms with Gasteiger partial charge in [-0.1, -0.05) is 0 Å². The Labute approximate surface area is 106 Å². The molecule has 1 saturated heterocycles. The molecule has 1 fully saturated rings. The fraction of sp³-hybridized carbons (Fsp3) is 0.818. The van der Waals surface area contributed by atoms with Crippen LogP contribution in [-0.2, 0) is 9.47 Å². The zero-order chi connectivity index (χ0) is 13.8. The number of morpholine rings is 1. The number of ether oxygens (including phenoxy) is 2. The van der Waals surface area contributed by atoms with E-state index in [1.54, 1.807) is 20.8 Å². The Morgan fingerprint density at radius 1 is 1.50 bits per heavy atom. The number of nitrogens with zero attached hydrogens (tertiary/aromatic N) is 1. The molecule has 0 aromatic carbocycles. The molecular weight excluding hydrogens is 240 g/mol. The molecule has 0 aromatic rings. The molecule has 104 valence electrons. The number of rotatable bonds is 2. The molecule has 0 aromatic heterocycles. The average molecular weight is 260 g/mol. The Morgan fingerprint density at radius 2 is 2.17 bits per heavy atom. The van der Waals surface area contributed by atoms with Crippen molar-refractivity contribution >= 4 is 12.2 Å². The van der Waals surface area contributed by atoms with Gasteiger partial charge in [0.25, 0.3) is 0 Å². The Morgan fingerprint density at radius 3 is 2.72 bits per heavy atom. The molecule has 1 heterocycles. The summed E-state index contributed by atoms with van der Waals surface area (Å²) in [6.07, 6.45) is -1.83. The fourth-order valence-electron chi connectivity index (χ4n) is 1.53. The number of carbonyl (C=O) groups excluding carboxylic acids is 1. The molecule has 1 aliphatic rings. The molecule has 1 rings (SSSR count). The second-order valence-corrected chi connectivity index (χ2v) is 5.10. The van der Waals surface area contributed by atoms with Gasteiger partial charge in [-0.25, -0.2) is 9.59 Å². The van der Waals surface area contributed by atoms with Gasteiger partial charge >= 0.3 is 12.2 Å². The van der Waals surface area contributed by atoms with Crippen LogP contribution in [0.5, 0.6) is 0 Å². The van der Waals surface area contributed by atoms with E-state index in [1.807, 2.05) is 0 Å². The third kappa shape index (κ3) is 5.22. The number of hydrogen-bond donors (Lipinski definition) is 2. The largest absolute Gasteiger partial charge is 0.465 e. The number of amides is 2. The maximum absolute atomic E-state index is 11.4. The van der Waals surface area contributed by atoms with E-state index in [-0.39, 0.29) is 19.2 Å². The van der Waals surface area contributed by atoms with Crippen LogP contribution < -0.4 is 5.32 Å². The lowest BCUT2D eigenvalue weighted by Crippen LogP contribution is -2.49. The van der Waals surface area contributed by atoms with Crippen LogP contribution in [0.3, 0.4) is 0 Å². The van der Waals surface area contributed by atoms with Crippen LogP contribution in [0.2, 0.25) is 0 Å². The van der Waals surface area contributed by atoms with Gasteiger partial charge < -0.3 is 24.8 Å². The van der Waals surface area contributed by atoms with Crippen molar-refractivity contribution in [1.29, 1.82) is 0 Å². The molecule has 1 atom stereocenters. The van der Waals surface area contributed by atoms with E-state index < -0.39 is 17.8 Å². The number of alkyl carbamates (subject to hydrolysis) is 1. The molecule has 7 heteroatoms. The van der Waals surface area contributed by atoms with Gasteiger partial charge in [-0.2, -0.15) is 0 Å². The SMILES string of the molecule is CC(C)(C)OC(=O)NC[C@H]1CN(C(=O)O)CCO1. The van der Waals surface area contributed by atoms with Gasteiger partial charge in [0.05, 0.1) is 19.3 Å². The smallest absolute Gasteiger partial charge is 0.407 e. The van der Waals surface area contributed by atoms with Crippen molar-refractivity contribution < 1.29 is 24.2 Å². The summed E-state index contributed by atoms with van der Waals surface area (Å²) in [6.45, 7) is 6.51. The van der Waals surface area contributed by atoms with Crippen LogP contribution in [-0.4, -0.2) is 60.1 Å². The highest BCUT2D eigenvalue weighted by atomic mass is 16.6. The van der Waals surface area contributed by atoms with Crippen molar-refractivity contribution in [2.45, 2.75) is 32.5 Å². The molecule has 0 radical (unpaired) electrons. The highest BCUT2D eigenvalue weighted by molar-refractivity contribution is 5.67. The maximum Gasteiger partial charge on any atom is 0.407 e. The molecule has 0 unspecified atom stereocenters. The van der Waals surface area contributed by atoms with Gasteiger partial charge in [0.1, 0.15) is 5.60 Å². The van der Waals surface area contributed by atoms with E-state index in [0.717, 1.165) is 0 Å². The van der Waals surface area contributed by atoms with Crippen molar-refractivity contribution in [1.82, 2.24) is 10.2 Å². The summed E-state index contributed by atoms with van der Waals surface area (Å²) in [7, 11) is 0. The highest BCUT2D eigenvalue weighted by Gasteiger charge is 2.24. The second kappa shape index (κ2) is 5.90. The molecule has 18 heavy (non-hydrogen) atoms. The average Bonchev–Trinajstić information content (AvgIpc) is 2.24. The third-order valence-electron chi connectivity index (χ3n) is 2.28. The molecular formula is C11H20N2O5. The summed E-state index contributed by atoms with van der Waals surface area (Å²) in [6, 6.07) is 0. The molecule has 2 N–H and O–H groups in total. The third-order valence-corrected chi connectivity index (χ3v) is 2.28. The van der Waals surface area contributed by atoms with E-state index in [0.29, 0.717) is 13.2 Å². The van der Waals surface area contributed by atoms with Crippen molar-refractivity contribution in [3.05, 3.63) is 0 Å². The standard InChI is InChI=1S/C11H20N2O5/c1-11(2,3)18-9(14)12-6-8-7-13(10(15)16)4-5-17-8/h8H,4-7H2,1-3H3,(H,12,14)(H,15,16)/t8-/m0/s1. The molecule has 2 amide bonds. The van der Waals surface area contributed by atoms with Crippen LogP contribution in [0, 0.1) is 0 Å². The first kappa shape index (κ1) is 14.6. The molecule has 1 aliphatic heterocycles. The summed E-state index contributed by atoms with van der Waals surface area (Å²) in [4.78, 5) is 23.5. The normalized spacial score (nSPS) is 20.4. The van der Waals surface area contributed by atoms with Crippen molar-refractivity contribution in [2.75, 3.05) is 26.2 Å². The minimum Gasteiger partial charge on any atom is -0.465 e. The summed E-state index contributed by atoms with van der Waals surface area (Å²) in [5.41, 5.74) is -0.551. The predicted molar refractivity (Wildman–Crippen MR) is 63.6 cm³/mol. The van der Waals surface area contributed by atoms with Crippen molar-refractivity contribution in [3.8, 4) is 0 Å². The first-order chi connectivity index (χ1) is 8.28. The summed E-state index contributed by atoms with van der Waals surface area (Å²) >= 11 is 0. The number of hydrogen-bond acceptors (Lipinski definition) is 4. The minimum atomic E-state index is -0.972. The molecule has 7 nitrogen and oxygen atoms in total. The lowest BCUT2D eigenvalue weighted by Gasteiger charge is -2.31. The quantitative estimate of drug-likeness (QED) is 0.769. The monoisotopic (exact) mass is 260 g/mol. The van der Waals surface area contributed by atoms with E-state index in [4.69, 9.17) is 14.6 Å². The van der Waals surface area contributed by atoms with E-state index in [1.165, 1.54) is 4.90 Å². The van der Waals surface area contributed by atoms with Gasteiger partial charge in [-0.05, 0) is 20.8 Å². The van der Waals surface area contributed by atoms with Crippen LogP contribution >= 0.6 is 0 Å². The van der Waals surface area contributed by atoms with Gasteiger partial charge in [0.15, 0.2) is 0 Å². The summed E-state index contributed by atoms with van der Waals surface area (Å²) in [5.74, 6) is 0. The van der Waals surface area contributed by atoms with Crippen molar-refractivity contribution in [2.24, 2.45) is 0 Å². The van der Waals surface area contributed by atoms with Gasteiger partial charge in [-0.3, -0.25) is 0 Å². The fourth-order valence-corrected chi connectivity index (χ4v) is 1.53. The zero-order valence-electron chi connectivity index (χ0n) is 10.9. The topological polar surface area (TPSA) is 88.1 Å². The zero-order valence-corrected chi connectivity index (χ0v) is 10.9. The van der Waals surface area contributed by atoms with E-state index in [2.05, 4.69) is 5.32 Å². The summed E-state index contributed by atoms with van der Waals surface area (Å²) < 4.78 is 10.4. The lowest BCUT2D eigenvalue weighted by atomic mass is 10.2. The second-order valence-electron chi connectivity index (χ2n) is 5.10. The van der Waals surface area contributed by atoms with Crippen LogP contribution in [0.15, 0.2) is 0 Å². The van der Waals surface area contributed by atoms with E-state index >= 15 is 0 Å².